The Labute approximate surface area is 65.6 Å². The zero-order chi connectivity index (χ0) is 8.43. The van der Waals surface area contributed by atoms with Gasteiger partial charge in [-0.25, -0.2) is 8.60 Å². The summed E-state index contributed by atoms with van der Waals surface area (Å²) in [7, 11) is 0. The van der Waals surface area contributed by atoms with Crippen LogP contribution in [0.15, 0.2) is 17.2 Å². The molecule has 0 bridgehead atoms. The maximum absolute atomic E-state index is 12.6. The Kier molecular flexibility index (Phi) is 2.31. The van der Waals surface area contributed by atoms with E-state index in [4.69, 9.17) is 4.55 Å². The highest BCUT2D eigenvalue weighted by Crippen LogP contribution is 2.07. The summed E-state index contributed by atoms with van der Waals surface area (Å²) < 4.78 is 31.5. The fraction of sp³-hybridized carbons (Fsp3) is 0.167. The summed E-state index contributed by atoms with van der Waals surface area (Å²) in [6.45, 7) is 1.49. The second-order valence-electron chi connectivity index (χ2n) is 1.99. The minimum Gasteiger partial charge on any atom is -0.302 e. The molecule has 1 heterocycles. The molecule has 0 aliphatic heterocycles. The molecule has 0 amide bonds. The molecule has 0 aromatic carbocycles. The molecule has 1 atom stereocenters. The first-order chi connectivity index (χ1) is 5.11. The molecule has 1 aromatic heterocycles. The van der Waals surface area contributed by atoms with Crippen LogP contribution in [0.4, 0.5) is 4.39 Å². The fourth-order valence-electron chi connectivity index (χ4n) is 0.584. The van der Waals surface area contributed by atoms with Gasteiger partial charge in [0.25, 0.3) is 0 Å². The van der Waals surface area contributed by atoms with Crippen molar-refractivity contribution in [2.45, 2.75) is 11.8 Å². The number of hydrogen-bond donors (Lipinski definition) is 1. The van der Waals surface area contributed by atoms with Crippen LogP contribution in [0.5, 0.6) is 0 Å². The highest BCUT2D eigenvalue weighted by atomic mass is 32.2. The number of aromatic nitrogens is 1. The summed E-state index contributed by atoms with van der Waals surface area (Å²) in [4.78, 5) is 3.55. The summed E-state index contributed by atoms with van der Waals surface area (Å²) in [6, 6.07) is 0.998. The van der Waals surface area contributed by atoms with Gasteiger partial charge in [0.2, 0.25) is 0 Å². The van der Waals surface area contributed by atoms with Crippen molar-refractivity contribution in [2.24, 2.45) is 0 Å². The summed E-state index contributed by atoms with van der Waals surface area (Å²) >= 11 is -2.15. The molecule has 0 fully saturated rings. The number of rotatable bonds is 1. The van der Waals surface area contributed by atoms with E-state index in [1.165, 1.54) is 13.1 Å². The predicted octanol–water partition coefficient (Wildman–Crippen LogP) is 1.11. The van der Waals surface area contributed by atoms with Crippen LogP contribution >= 0.6 is 0 Å². The van der Waals surface area contributed by atoms with Gasteiger partial charge in [-0.1, -0.05) is 0 Å². The lowest BCUT2D eigenvalue weighted by molar-refractivity contribution is 0.559. The van der Waals surface area contributed by atoms with E-state index in [2.05, 4.69) is 4.98 Å². The van der Waals surface area contributed by atoms with Gasteiger partial charge in [-0.15, -0.1) is 0 Å². The van der Waals surface area contributed by atoms with Gasteiger partial charge in [-0.05, 0) is 13.0 Å². The lowest BCUT2D eigenvalue weighted by Gasteiger charge is -1.96. The van der Waals surface area contributed by atoms with Crippen molar-refractivity contribution in [3.8, 4) is 0 Å². The first-order valence-electron chi connectivity index (χ1n) is 2.84. The fourth-order valence-corrected chi connectivity index (χ4v) is 0.931. The highest BCUT2D eigenvalue weighted by molar-refractivity contribution is 7.79. The van der Waals surface area contributed by atoms with Gasteiger partial charge >= 0.3 is 0 Å². The van der Waals surface area contributed by atoms with Crippen molar-refractivity contribution in [3.05, 3.63) is 23.8 Å². The number of pyridine rings is 1. The van der Waals surface area contributed by atoms with E-state index in [0.717, 1.165) is 6.07 Å². The van der Waals surface area contributed by atoms with Crippen LogP contribution in [0.25, 0.3) is 0 Å². The quantitative estimate of drug-likeness (QED) is 0.650. The molecule has 1 N–H and O–H groups in total. The largest absolute Gasteiger partial charge is 0.302 e. The standard InChI is InChI=1S/C6H6FNO2S/c1-4-6(7)2-5(3-8-4)11(9)10/h2-3H,1H3,(H,9,10). The lowest BCUT2D eigenvalue weighted by Crippen LogP contribution is -1.94. The summed E-state index contributed by atoms with van der Waals surface area (Å²) in [5.41, 5.74) is 0.221. The molecular formula is C6H6FNO2S. The van der Waals surface area contributed by atoms with Gasteiger partial charge < -0.3 is 4.55 Å². The molecule has 0 saturated carbocycles. The molecule has 0 radical (unpaired) electrons. The van der Waals surface area contributed by atoms with E-state index >= 15 is 0 Å². The van der Waals surface area contributed by atoms with Crippen molar-refractivity contribution in [3.63, 3.8) is 0 Å². The van der Waals surface area contributed by atoms with E-state index in [1.54, 1.807) is 0 Å². The van der Waals surface area contributed by atoms with E-state index in [0.29, 0.717) is 0 Å². The van der Waals surface area contributed by atoms with Crippen LogP contribution in [-0.2, 0) is 11.1 Å². The Morgan fingerprint density at radius 2 is 2.36 bits per heavy atom. The average molecular weight is 175 g/mol. The van der Waals surface area contributed by atoms with Gasteiger partial charge in [0.15, 0.2) is 11.1 Å². The third kappa shape index (κ3) is 1.81. The number of nitrogens with zero attached hydrogens (tertiary/aromatic N) is 1. The Morgan fingerprint density at radius 1 is 1.73 bits per heavy atom. The van der Waals surface area contributed by atoms with Crippen molar-refractivity contribution in [1.82, 2.24) is 4.98 Å². The van der Waals surface area contributed by atoms with Crippen LogP contribution < -0.4 is 0 Å². The van der Waals surface area contributed by atoms with Gasteiger partial charge in [0.05, 0.1) is 10.6 Å². The van der Waals surface area contributed by atoms with Crippen LogP contribution in [0.1, 0.15) is 5.69 Å². The Hall–Kier alpha value is -0.810. The molecule has 0 aliphatic carbocycles. The maximum Gasteiger partial charge on any atom is 0.188 e. The SMILES string of the molecule is Cc1ncc(S(=O)O)cc1F. The Morgan fingerprint density at radius 3 is 2.82 bits per heavy atom. The molecule has 3 nitrogen and oxygen atoms in total. The second-order valence-corrected chi connectivity index (χ2v) is 2.96. The summed E-state index contributed by atoms with van der Waals surface area (Å²) in [5, 5.41) is 0. The monoisotopic (exact) mass is 175 g/mol. The van der Waals surface area contributed by atoms with Gasteiger partial charge in [0.1, 0.15) is 5.82 Å². The highest BCUT2D eigenvalue weighted by Gasteiger charge is 2.03. The van der Waals surface area contributed by atoms with Crippen molar-refractivity contribution >= 4 is 11.1 Å². The molecule has 0 spiro atoms. The Balaban J connectivity index is 3.15. The van der Waals surface area contributed by atoms with Crippen molar-refractivity contribution in [2.75, 3.05) is 0 Å². The molecular weight excluding hydrogens is 169 g/mol. The van der Waals surface area contributed by atoms with Gasteiger partial charge in [0, 0.05) is 6.20 Å². The topological polar surface area (TPSA) is 50.2 Å². The molecule has 1 unspecified atom stereocenters. The van der Waals surface area contributed by atoms with Crippen molar-refractivity contribution in [1.29, 1.82) is 0 Å². The molecule has 11 heavy (non-hydrogen) atoms. The lowest BCUT2D eigenvalue weighted by atomic mass is 10.4. The van der Waals surface area contributed by atoms with E-state index in [1.807, 2.05) is 0 Å². The first-order valence-corrected chi connectivity index (χ1v) is 3.95. The van der Waals surface area contributed by atoms with Crippen LogP contribution in [0.3, 0.4) is 0 Å². The molecule has 0 saturated heterocycles. The predicted molar refractivity (Wildman–Crippen MR) is 38.0 cm³/mol. The van der Waals surface area contributed by atoms with Crippen LogP contribution in [0.2, 0.25) is 0 Å². The number of halogens is 1. The third-order valence-corrected chi connectivity index (χ3v) is 1.83. The smallest absolute Gasteiger partial charge is 0.188 e. The molecule has 60 valence electrons. The second kappa shape index (κ2) is 3.06. The van der Waals surface area contributed by atoms with Crippen molar-refractivity contribution < 1.29 is 13.2 Å². The summed E-state index contributed by atoms with van der Waals surface area (Å²) in [5.74, 6) is -0.565. The molecule has 0 aliphatic rings. The van der Waals surface area contributed by atoms with Crippen LogP contribution in [-0.4, -0.2) is 13.7 Å². The minimum atomic E-state index is -2.15. The minimum absolute atomic E-state index is 0.0203. The molecule has 1 rings (SSSR count). The molecule has 1 aromatic rings. The first kappa shape index (κ1) is 8.29. The Bertz CT molecular complexity index is 303. The molecule has 5 heteroatoms. The normalized spacial score (nSPS) is 13.0. The van der Waals surface area contributed by atoms with Gasteiger partial charge in [-0.3, -0.25) is 4.98 Å². The van der Waals surface area contributed by atoms with Crippen LogP contribution in [0, 0.1) is 12.7 Å². The number of aryl methyl sites for hydroxylation is 1. The van der Waals surface area contributed by atoms with E-state index < -0.39 is 16.9 Å². The van der Waals surface area contributed by atoms with E-state index in [9.17, 15) is 8.60 Å². The van der Waals surface area contributed by atoms with Gasteiger partial charge in [-0.2, -0.15) is 0 Å². The summed E-state index contributed by atoms with van der Waals surface area (Å²) in [6.07, 6.45) is 1.18. The zero-order valence-electron chi connectivity index (χ0n) is 5.74. The number of hydrogen-bond acceptors (Lipinski definition) is 2. The maximum atomic E-state index is 12.6. The zero-order valence-corrected chi connectivity index (χ0v) is 6.56. The van der Waals surface area contributed by atoms with E-state index in [-0.39, 0.29) is 10.6 Å². The average Bonchev–Trinajstić information content (AvgIpc) is 1.94. The third-order valence-electron chi connectivity index (χ3n) is 1.20.